The molecule has 5 heteroatoms. The van der Waals surface area contributed by atoms with Crippen molar-refractivity contribution in [3.8, 4) is 5.69 Å². The molecule has 1 aliphatic heterocycles. The highest BCUT2D eigenvalue weighted by Gasteiger charge is 2.30. The second-order valence-corrected chi connectivity index (χ2v) is 8.75. The zero-order chi connectivity index (χ0) is 20.5. The van der Waals surface area contributed by atoms with Gasteiger partial charge in [0.25, 0.3) is 0 Å². The molecule has 1 amide bonds. The number of fused-ring (bicyclic) bond motifs is 2. The van der Waals surface area contributed by atoms with Gasteiger partial charge in [0.2, 0.25) is 5.91 Å². The maximum absolute atomic E-state index is 13.2. The molecule has 0 saturated carbocycles. The Labute approximate surface area is 180 Å². The number of aryl methyl sites for hydroxylation is 1. The Hall–Kier alpha value is -2.92. The van der Waals surface area contributed by atoms with Gasteiger partial charge in [-0.15, -0.1) is 11.3 Å². The van der Waals surface area contributed by atoms with Gasteiger partial charge in [-0.3, -0.25) is 9.36 Å². The summed E-state index contributed by atoms with van der Waals surface area (Å²) < 4.78 is 2.19. The highest BCUT2D eigenvalue weighted by molar-refractivity contribution is 7.10. The van der Waals surface area contributed by atoms with Crippen LogP contribution in [0.1, 0.15) is 42.1 Å². The number of amides is 1. The van der Waals surface area contributed by atoms with Crippen molar-refractivity contribution in [2.75, 3.05) is 6.54 Å². The van der Waals surface area contributed by atoms with Gasteiger partial charge in [-0.2, -0.15) is 0 Å². The number of carbonyl (C=O) groups is 1. The first kappa shape index (κ1) is 19.1. The number of hydrogen-bond acceptors (Lipinski definition) is 3. The van der Waals surface area contributed by atoms with Crippen LogP contribution < -0.4 is 0 Å². The van der Waals surface area contributed by atoms with Crippen LogP contribution >= 0.6 is 11.3 Å². The minimum absolute atomic E-state index is 0.209. The van der Waals surface area contributed by atoms with Crippen molar-refractivity contribution in [2.24, 2.45) is 0 Å². The van der Waals surface area contributed by atoms with Crippen molar-refractivity contribution in [3.05, 3.63) is 82.3 Å². The second kappa shape index (κ2) is 8.07. The average molecular weight is 416 g/mol. The number of nitrogens with zero attached hydrogens (tertiary/aromatic N) is 3. The summed E-state index contributed by atoms with van der Waals surface area (Å²) in [5.41, 5.74) is 4.48. The molecule has 4 nitrogen and oxygen atoms in total. The molecule has 0 spiro atoms. The van der Waals surface area contributed by atoms with Crippen LogP contribution in [0, 0.1) is 0 Å². The van der Waals surface area contributed by atoms with Crippen molar-refractivity contribution in [1.29, 1.82) is 0 Å². The van der Waals surface area contributed by atoms with Crippen LogP contribution in [0.5, 0.6) is 0 Å². The lowest BCUT2D eigenvalue weighted by atomic mass is 9.97. The first-order valence-corrected chi connectivity index (χ1v) is 11.5. The second-order valence-electron chi connectivity index (χ2n) is 7.75. The van der Waals surface area contributed by atoms with Crippen LogP contribution in [-0.2, 0) is 17.6 Å². The third kappa shape index (κ3) is 3.33. The van der Waals surface area contributed by atoms with Crippen LogP contribution in [0.3, 0.4) is 0 Å². The molecule has 30 heavy (non-hydrogen) atoms. The van der Waals surface area contributed by atoms with E-state index in [0.717, 1.165) is 41.9 Å². The zero-order valence-corrected chi connectivity index (χ0v) is 17.9. The van der Waals surface area contributed by atoms with Gasteiger partial charge in [0.1, 0.15) is 5.82 Å². The van der Waals surface area contributed by atoms with Crippen LogP contribution in [0.15, 0.2) is 66.0 Å². The normalized spacial score (nSPS) is 16.0. The average Bonchev–Trinajstić information content (AvgIpc) is 3.41. The van der Waals surface area contributed by atoms with Gasteiger partial charge >= 0.3 is 0 Å². The lowest BCUT2D eigenvalue weighted by Crippen LogP contribution is -2.39. The molecule has 0 saturated heterocycles. The molecule has 2 aromatic heterocycles. The van der Waals surface area contributed by atoms with E-state index in [0.29, 0.717) is 12.8 Å². The lowest BCUT2D eigenvalue weighted by Gasteiger charge is -2.35. The third-order valence-corrected chi connectivity index (χ3v) is 7.01. The molecule has 1 aliphatic rings. The van der Waals surface area contributed by atoms with E-state index in [1.54, 1.807) is 0 Å². The number of imidazole rings is 1. The predicted molar refractivity (Wildman–Crippen MR) is 122 cm³/mol. The topological polar surface area (TPSA) is 38.1 Å². The first-order chi connectivity index (χ1) is 14.8. The zero-order valence-electron chi connectivity index (χ0n) is 17.1. The largest absolute Gasteiger partial charge is 0.335 e. The molecule has 0 bridgehead atoms. The summed E-state index contributed by atoms with van der Waals surface area (Å²) >= 11 is 1.82. The molecule has 0 N–H and O–H groups in total. The molecule has 1 atom stereocenters. The van der Waals surface area contributed by atoms with Gasteiger partial charge in [0.05, 0.1) is 17.1 Å². The van der Waals surface area contributed by atoms with Crippen LogP contribution in [-0.4, -0.2) is 26.9 Å². The minimum atomic E-state index is 0.209. The Kier molecular flexibility index (Phi) is 5.13. The van der Waals surface area contributed by atoms with Crippen molar-refractivity contribution >= 4 is 28.3 Å². The summed E-state index contributed by atoms with van der Waals surface area (Å²) in [4.78, 5) is 21.6. The molecule has 5 rings (SSSR count). The Bertz CT molecular complexity index is 1180. The quantitative estimate of drug-likeness (QED) is 0.428. The van der Waals surface area contributed by atoms with E-state index >= 15 is 0 Å². The molecular formula is C25H25N3OS. The number of thiophene rings is 1. The monoisotopic (exact) mass is 415 g/mol. The SMILES string of the molecule is CCC1c2ccsc2CCN1C(=O)CCc1nc2ccccc2n1-c1ccccc1. The summed E-state index contributed by atoms with van der Waals surface area (Å²) in [6.07, 6.45) is 3.04. The van der Waals surface area contributed by atoms with Crippen LogP contribution in [0.25, 0.3) is 16.7 Å². The summed E-state index contributed by atoms with van der Waals surface area (Å²) in [6, 6.07) is 20.9. The fourth-order valence-corrected chi connectivity index (χ4v) is 5.53. The number of benzene rings is 2. The van der Waals surface area contributed by atoms with Gasteiger partial charge in [0.15, 0.2) is 0 Å². The summed E-state index contributed by atoms with van der Waals surface area (Å²) in [5.74, 6) is 1.17. The Morgan fingerprint density at radius 2 is 1.90 bits per heavy atom. The van der Waals surface area contributed by atoms with Gasteiger partial charge in [0, 0.05) is 30.0 Å². The van der Waals surface area contributed by atoms with E-state index in [4.69, 9.17) is 4.98 Å². The van der Waals surface area contributed by atoms with Crippen molar-refractivity contribution < 1.29 is 4.79 Å². The first-order valence-electron chi connectivity index (χ1n) is 10.6. The lowest BCUT2D eigenvalue weighted by molar-refractivity contribution is -0.134. The molecule has 4 aromatic rings. The van der Waals surface area contributed by atoms with Gasteiger partial charge in [-0.1, -0.05) is 37.3 Å². The van der Waals surface area contributed by atoms with Crippen LogP contribution in [0.4, 0.5) is 0 Å². The smallest absolute Gasteiger partial charge is 0.223 e. The van der Waals surface area contributed by atoms with Crippen molar-refractivity contribution in [1.82, 2.24) is 14.5 Å². The van der Waals surface area contributed by atoms with Gasteiger partial charge in [-0.05, 0) is 54.1 Å². The molecule has 0 radical (unpaired) electrons. The third-order valence-electron chi connectivity index (χ3n) is 6.01. The summed E-state index contributed by atoms with van der Waals surface area (Å²) in [7, 11) is 0. The number of hydrogen-bond donors (Lipinski definition) is 0. The highest BCUT2D eigenvalue weighted by Crippen LogP contribution is 2.35. The molecule has 2 aromatic carbocycles. The van der Waals surface area contributed by atoms with Gasteiger partial charge < -0.3 is 4.90 Å². The summed E-state index contributed by atoms with van der Waals surface area (Å²) in [5, 5.41) is 2.16. The fourth-order valence-electron chi connectivity index (χ4n) is 4.61. The Morgan fingerprint density at radius 3 is 2.73 bits per heavy atom. The number of para-hydroxylation sites is 3. The van der Waals surface area contributed by atoms with E-state index in [-0.39, 0.29) is 11.9 Å². The molecule has 152 valence electrons. The van der Waals surface area contributed by atoms with E-state index in [2.05, 4.69) is 46.0 Å². The van der Waals surface area contributed by atoms with Crippen LogP contribution in [0.2, 0.25) is 0 Å². The highest BCUT2D eigenvalue weighted by atomic mass is 32.1. The molecule has 0 aliphatic carbocycles. The standard InChI is InChI=1S/C25H25N3OS/c1-2-21-19-15-17-30-23(19)14-16-27(21)25(29)13-12-24-26-20-10-6-7-11-22(20)28(24)18-8-4-3-5-9-18/h3-11,15,17,21H,2,12-14,16H2,1H3. The number of carbonyl (C=O) groups excluding carboxylic acids is 1. The maximum Gasteiger partial charge on any atom is 0.223 e. The number of rotatable bonds is 5. The van der Waals surface area contributed by atoms with Crippen molar-refractivity contribution in [3.63, 3.8) is 0 Å². The molecular weight excluding hydrogens is 390 g/mol. The number of aromatic nitrogens is 2. The van der Waals surface area contributed by atoms with Crippen molar-refractivity contribution in [2.45, 2.75) is 38.6 Å². The molecule has 3 heterocycles. The molecule has 0 fully saturated rings. The molecule has 1 unspecified atom stereocenters. The van der Waals surface area contributed by atoms with Gasteiger partial charge in [-0.25, -0.2) is 4.98 Å². The Morgan fingerprint density at radius 1 is 1.10 bits per heavy atom. The van der Waals surface area contributed by atoms with E-state index < -0.39 is 0 Å². The predicted octanol–water partition coefficient (Wildman–Crippen LogP) is 5.56. The maximum atomic E-state index is 13.2. The van der Waals surface area contributed by atoms with E-state index in [9.17, 15) is 4.79 Å². The summed E-state index contributed by atoms with van der Waals surface area (Å²) in [6.45, 7) is 2.99. The minimum Gasteiger partial charge on any atom is -0.335 e. The van der Waals surface area contributed by atoms with E-state index in [1.807, 2.05) is 47.7 Å². The van der Waals surface area contributed by atoms with E-state index in [1.165, 1.54) is 10.4 Å². The fraction of sp³-hybridized carbons (Fsp3) is 0.280. The Balaban J connectivity index is 1.41.